The summed E-state index contributed by atoms with van der Waals surface area (Å²) >= 11 is 1.31. The van der Waals surface area contributed by atoms with Crippen molar-refractivity contribution in [1.29, 1.82) is 0 Å². The molecule has 0 aliphatic rings. The third-order valence-electron chi connectivity index (χ3n) is 3.12. The van der Waals surface area contributed by atoms with Crippen LogP contribution in [0.25, 0.3) is 0 Å². The number of nitrogens with one attached hydrogen (secondary N) is 2. The molecule has 6 nitrogen and oxygen atoms in total. The van der Waals surface area contributed by atoms with E-state index in [0.29, 0.717) is 21.4 Å². The van der Waals surface area contributed by atoms with Gasteiger partial charge in [0.2, 0.25) is 0 Å². The predicted octanol–water partition coefficient (Wildman–Crippen LogP) is 4.65. The molecule has 8 heteroatoms. The minimum absolute atomic E-state index is 0.134. The van der Waals surface area contributed by atoms with Crippen LogP contribution in [0.2, 0.25) is 0 Å². The second-order valence-electron chi connectivity index (χ2n) is 5.20. The third kappa shape index (κ3) is 4.51. The number of anilines is 3. The molecule has 0 saturated heterocycles. The van der Waals surface area contributed by atoms with E-state index in [1.165, 1.54) is 23.5 Å². The number of hydrogen-bond acceptors (Lipinski definition) is 6. The summed E-state index contributed by atoms with van der Waals surface area (Å²) in [6, 6.07) is 9.38. The molecule has 2 heterocycles. The van der Waals surface area contributed by atoms with Crippen LogP contribution in [0.1, 0.15) is 10.7 Å². The zero-order valence-corrected chi connectivity index (χ0v) is 14.4. The standard InChI is InChI=1S/C17H15FN4O2S/c1-10-8-14(6-7-19-10)22-17(23)24-15-16(25-11(2)20-15)21-13-5-3-4-12(18)9-13/h3-9,21H,1-2H3,(H,19,22,23). The van der Waals surface area contributed by atoms with Gasteiger partial charge in [-0.2, -0.15) is 0 Å². The van der Waals surface area contributed by atoms with Crippen LogP contribution in [0.3, 0.4) is 0 Å². The zero-order valence-electron chi connectivity index (χ0n) is 13.5. The number of halogens is 1. The molecule has 128 valence electrons. The molecule has 0 bridgehead atoms. The van der Waals surface area contributed by atoms with Crippen LogP contribution < -0.4 is 15.4 Å². The normalized spacial score (nSPS) is 10.4. The Bertz CT molecular complexity index is 913. The number of thiazole rings is 1. The highest BCUT2D eigenvalue weighted by molar-refractivity contribution is 7.16. The molecular formula is C17H15FN4O2S. The van der Waals surface area contributed by atoms with Gasteiger partial charge in [0.05, 0.1) is 5.01 Å². The van der Waals surface area contributed by atoms with Crippen molar-refractivity contribution in [3.8, 4) is 5.88 Å². The van der Waals surface area contributed by atoms with E-state index in [1.807, 2.05) is 6.92 Å². The summed E-state index contributed by atoms with van der Waals surface area (Å²) < 4.78 is 18.6. The maximum atomic E-state index is 13.3. The van der Waals surface area contributed by atoms with Gasteiger partial charge >= 0.3 is 6.09 Å². The van der Waals surface area contributed by atoms with Crippen LogP contribution in [-0.4, -0.2) is 16.1 Å². The van der Waals surface area contributed by atoms with Gasteiger partial charge in [-0.05, 0) is 44.2 Å². The lowest BCUT2D eigenvalue weighted by molar-refractivity contribution is 0.214. The molecule has 0 fully saturated rings. The van der Waals surface area contributed by atoms with Gasteiger partial charge in [-0.25, -0.2) is 14.2 Å². The summed E-state index contributed by atoms with van der Waals surface area (Å²) in [7, 11) is 0. The fourth-order valence-electron chi connectivity index (χ4n) is 2.11. The molecule has 0 radical (unpaired) electrons. The summed E-state index contributed by atoms with van der Waals surface area (Å²) in [5.41, 5.74) is 1.89. The summed E-state index contributed by atoms with van der Waals surface area (Å²) in [6.07, 6.45) is 0.924. The molecule has 25 heavy (non-hydrogen) atoms. The second-order valence-corrected chi connectivity index (χ2v) is 6.41. The molecule has 2 N–H and O–H groups in total. The number of amides is 1. The van der Waals surface area contributed by atoms with Crippen molar-refractivity contribution < 1.29 is 13.9 Å². The van der Waals surface area contributed by atoms with Crippen molar-refractivity contribution in [3.05, 3.63) is 59.1 Å². The van der Waals surface area contributed by atoms with Crippen LogP contribution in [0.15, 0.2) is 42.6 Å². The van der Waals surface area contributed by atoms with E-state index in [9.17, 15) is 9.18 Å². The van der Waals surface area contributed by atoms with Gasteiger partial charge in [-0.3, -0.25) is 10.3 Å². The summed E-state index contributed by atoms with van der Waals surface area (Å²) in [6.45, 7) is 3.61. The first-order chi connectivity index (χ1) is 12.0. The van der Waals surface area contributed by atoms with Crippen molar-refractivity contribution in [3.63, 3.8) is 0 Å². The maximum Gasteiger partial charge on any atom is 0.418 e. The fraction of sp³-hybridized carbons (Fsp3) is 0.118. The highest BCUT2D eigenvalue weighted by atomic mass is 32.1. The van der Waals surface area contributed by atoms with E-state index in [1.54, 1.807) is 37.4 Å². The number of hydrogen-bond donors (Lipinski definition) is 2. The van der Waals surface area contributed by atoms with Crippen molar-refractivity contribution in [2.45, 2.75) is 13.8 Å². The van der Waals surface area contributed by atoms with E-state index in [-0.39, 0.29) is 11.7 Å². The summed E-state index contributed by atoms with van der Waals surface area (Å²) in [5, 5.41) is 6.86. The zero-order chi connectivity index (χ0) is 17.8. The average molecular weight is 358 g/mol. The lowest BCUT2D eigenvalue weighted by atomic mass is 10.3. The number of benzene rings is 1. The third-order valence-corrected chi connectivity index (χ3v) is 3.99. The van der Waals surface area contributed by atoms with Crippen LogP contribution in [-0.2, 0) is 0 Å². The predicted molar refractivity (Wildman–Crippen MR) is 95.2 cm³/mol. The monoisotopic (exact) mass is 358 g/mol. The largest absolute Gasteiger partial charge is 0.418 e. The average Bonchev–Trinajstić information content (AvgIpc) is 2.86. The molecule has 0 aliphatic heterocycles. The molecule has 0 aliphatic carbocycles. The number of ether oxygens (including phenoxy) is 1. The SMILES string of the molecule is Cc1cc(NC(=O)Oc2nc(C)sc2Nc2cccc(F)c2)ccn1. The van der Waals surface area contributed by atoms with E-state index in [0.717, 1.165) is 5.69 Å². The first-order valence-corrected chi connectivity index (χ1v) is 8.23. The van der Waals surface area contributed by atoms with E-state index < -0.39 is 6.09 Å². The summed E-state index contributed by atoms with van der Waals surface area (Å²) in [4.78, 5) is 20.3. The van der Waals surface area contributed by atoms with Crippen LogP contribution in [0.4, 0.5) is 25.6 Å². The number of nitrogens with zero attached hydrogens (tertiary/aromatic N) is 2. The number of pyridine rings is 1. The van der Waals surface area contributed by atoms with Gasteiger partial charge in [0.25, 0.3) is 5.88 Å². The molecule has 0 saturated carbocycles. The van der Waals surface area contributed by atoms with Gasteiger partial charge in [0.15, 0.2) is 5.00 Å². The van der Waals surface area contributed by atoms with Crippen LogP contribution in [0.5, 0.6) is 5.88 Å². The van der Waals surface area contributed by atoms with Crippen LogP contribution in [0, 0.1) is 19.7 Å². The summed E-state index contributed by atoms with van der Waals surface area (Å²) in [5.74, 6) is -0.227. The minimum Gasteiger partial charge on any atom is -0.388 e. The van der Waals surface area contributed by atoms with Gasteiger partial charge in [0, 0.05) is 23.3 Å². The van der Waals surface area contributed by atoms with Crippen molar-refractivity contribution in [2.75, 3.05) is 10.6 Å². The Morgan fingerprint density at radius 2 is 2.04 bits per heavy atom. The molecule has 2 aromatic heterocycles. The Hall–Kier alpha value is -3.00. The van der Waals surface area contributed by atoms with Gasteiger partial charge < -0.3 is 10.1 Å². The van der Waals surface area contributed by atoms with E-state index in [4.69, 9.17) is 4.74 Å². The van der Waals surface area contributed by atoms with E-state index in [2.05, 4.69) is 20.6 Å². The lowest BCUT2D eigenvalue weighted by Gasteiger charge is -2.08. The maximum absolute atomic E-state index is 13.3. The second kappa shape index (κ2) is 7.27. The van der Waals surface area contributed by atoms with Gasteiger partial charge in [-0.1, -0.05) is 17.4 Å². The molecule has 3 aromatic rings. The number of carbonyl (C=O) groups excluding carboxylic acids is 1. The number of aromatic nitrogens is 2. The molecular weight excluding hydrogens is 343 g/mol. The fourth-order valence-corrected chi connectivity index (χ4v) is 2.88. The molecule has 3 rings (SSSR count). The lowest BCUT2D eigenvalue weighted by Crippen LogP contribution is -2.17. The first-order valence-electron chi connectivity index (χ1n) is 7.41. The highest BCUT2D eigenvalue weighted by Crippen LogP contribution is 2.34. The molecule has 0 unspecified atom stereocenters. The van der Waals surface area contributed by atoms with Crippen molar-refractivity contribution >= 4 is 33.8 Å². The topological polar surface area (TPSA) is 76.1 Å². The highest BCUT2D eigenvalue weighted by Gasteiger charge is 2.15. The quantitative estimate of drug-likeness (QED) is 0.710. The molecule has 0 spiro atoms. The van der Waals surface area contributed by atoms with E-state index >= 15 is 0 Å². The number of carbonyl (C=O) groups is 1. The van der Waals surface area contributed by atoms with Crippen molar-refractivity contribution in [1.82, 2.24) is 9.97 Å². The molecule has 0 atom stereocenters. The minimum atomic E-state index is -0.668. The Kier molecular flexibility index (Phi) is 4.90. The molecule has 1 aromatic carbocycles. The molecule has 1 amide bonds. The van der Waals surface area contributed by atoms with Crippen LogP contribution >= 0.6 is 11.3 Å². The first kappa shape index (κ1) is 16.8. The van der Waals surface area contributed by atoms with Gasteiger partial charge in [0.1, 0.15) is 5.82 Å². The Labute approximate surface area is 147 Å². The number of aryl methyl sites for hydroxylation is 2. The van der Waals surface area contributed by atoms with Gasteiger partial charge in [-0.15, -0.1) is 0 Å². The Morgan fingerprint density at radius 3 is 2.80 bits per heavy atom. The smallest absolute Gasteiger partial charge is 0.388 e. The Balaban J connectivity index is 1.73. The van der Waals surface area contributed by atoms with Crippen molar-refractivity contribution in [2.24, 2.45) is 0 Å². The number of rotatable bonds is 4. The Morgan fingerprint density at radius 1 is 1.20 bits per heavy atom.